The Morgan fingerprint density at radius 3 is 2.70 bits per heavy atom. The Balaban J connectivity index is 1.61. The molecule has 0 radical (unpaired) electrons. The number of rotatable bonds is 6. The average Bonchev–Trinajstić information content (AvgIpc) is 3.10. The highest BCUT2D eigenvalue weighted by molar-refractivity contribution is 7.14. The lowest BCUT2D eigenvalue weighted by atomic mass is 10.1. The third-order valence-electron chi connectivity index (χ3n) is 4.44. The molecule has 0 aliphatic rings. The number of thiazole rings is 1. The van der Waals surface area contributed by atoms with Gasteiger partial charge in [-0.3, -0.25) is 9.69 Å². The minimum atomic E-state index is -0.375. The molecule has 1 unspecified atom stereocenters. The first-order valence-electron chi connectivity index (χ1n) is 8.70. The third kappa shape index (κ3) is 4.99. The molecule has 0 saturated heterocycles. The lowest BCUT2D eigenvalue weighted by Gasteiger charge is -2.23. The van der Waals surface area contributed by atoms with Crippen LogP contribution in [-0.2, 0) is 11.3 Å². The van der Waals surface area contributed by atoms with Gasteiger partial charge in [0.15, 0.2) is 5.13 Å². The molecular formula is C21H22FN3OS. The third-order valence-corrected chi connectivity index (χ3v) is 5.20. The number of amides is 1. The molecule has 1 amide bonds. The number of carbonyl (C=O) groups excluding carboxylic acids is 1. The van der Waals surface area contributed by atoms with Crippen molar-refractivity contribution < 1.29 is 9.18 Å². The highest BCUT2D eigenvalue weighted by Gasteiger charge is 2.19. The quantitative estimate of drug-likeness (QED) is 0.670. The summed E-state index contributed by atoms with van der Waals surface area (Å²) in [6.07, 6.45) is 0. The van der Waals surface area contributed by atoms with Gasteiger partial charge in [0.25, 0.3) is 0 Å². The van der Waals surface area contributed by atoms with Crippen molar-refractivity contribution in [3.8, 4) is 11.3 Å². The van der Waals surface area contributed by atoms with Gasteiger partial charge < -0.3 is 5.32 Å². The fraction of sp³-hybridized carbons (Fsp3) is 0.238. The Bertz CT molecular complexity index is 923. The van der Waals surface area contributed by atoms with Crippen LogP contribution >= 0.6 is 11.3 Å². The molecule has 0 aliphatic carbocycles. The van der Waals surface area contributed by atoms with E-state index in [0.717, 1.165) is 16.8 Å². The molecule has 0 bridgehead atoms. The van der Waals surface area contributed by atoms with Crippen molar-refractivity contribution in [1.29, 1.82) is 0 Å². The topological polar surface area (TPSA) is 45.2 Å². The zero-order chi connectivity index (χ0) is 19.4. The lowest BCUT2D eigenvalue weighted by Crippen LogP contribution is -2.39. The Labute approximate surface area is 162 Å². The van der Waals surface area contributed by atoms with Crippen molar-refractivity contribution in [2.45, 2.75) is 26.4 Å². The Morgan fingerprint density at radius 2 is 2.00 bits per heavy atom. The van der Waals surface area contributed by atoms with Crippen LogP contribution in [0.5, 0.6) is 0 Å². The second-order valence-corrected chi connectivity index (χ2v) is 7.47. The van der Waals surface area contributed by atoms with Crippen LogP contribution in [0.25, 0.3) is 11.3 Å². The maximum Gasteiger partial charge on any atom is 0.243 e. The van der Waals surface area contributed by atoms with E-state index in [9.17, 15) is 9.18 Å². The summed E-state index contributed by atoms with van der Waals surface area (Å²) < 4.78 is 13.3. The first-order valence-corrected chi connectivity index (χ1v) is 9.58. The van der Waals surface area contributed by atoms with Crippen LogP contribution in [0.15, 0.2) is 53.9 Å². The molecule has 1 atom stereocenters. The molecule has 3 rings (SSSR count). The van der Waals surface area contributed by atoms with E-state index in [0.29, 0.717) is 11.7 Å². The maximum absolute atomic E-state index is 13.3. The number of likely N-dealkylation sites (N-methyl/N-ethyl adjacent to an activating group) is 1. The van der Waals surface area contributed by atoms with Gasteiger partial charge in [0, 0.05) is 17.5 Å². The monoisotopic (exact) mass is 383 g/mol. The number of carbonyl (C=O) groups is 1. The number of anilines is 1. The summed E-state index contributed by atoms with van der Waals surface area (Å²) in [5.41, 5.74) is 3.88. The van der Waals surface area contributed by atoms with Gasteiger partial charge >= 0.3 is 0 Å². The van der Waals surface area contributed by atoms with E-state index in [1.165, 1.54) is 29.0 Å². The molecule has 27 heavy (non-hydrogen) atoms. The summed E-state index contributed by atoms with van der Waals surface area (Å²) >= 11 is 1.40. The van der Waals surface area contributed by atoms with Gasteiger partial charge in [-0.1, -0.05) is 42.0 Å². The van der Waals surface area contributed by atoms with Crippen molar-refractivity contribution in [2.24, 2.45) is 0 Å². The Morgan fingerprint density at radius 1 is 1.26 bits per heavy atom. The standard InChI is InChI=1S/C21H22FN3OS/c1-14-7-9-17(10-8-14)19-13-27-21(23-19)24-20(26)15(2)25(3)12-16-5-4-6-18(22)11-16/h4-11,13,15H,12H2,1-3H3,(H,23,24,26). The van der Waals surface area contributed by atoms with Crippen LogP contribution in [0.2, 0.25) is 0 Å². The van der Waals surface area contributed by atoms with E-state index < -0.39 is 0 Å². The number of aryl methyl sites for hydroxylation is 1. The highest BCUT2D eigenvalue weighted by Crippen LogP contribution is 2.25. The number of nitrogens with one attached hydrogen (secondary N) is 1. The summed E-state index contributed by atoms with van der Waals surface area (Å²) in [5, 5.41) is 5.38. The minimum absolute atomic E-state index is 0.140. The van der Waals surface area contributed by atoms with Crippen molar-refractivity contribution in [3.05, 3.63) is 70.9 Å². The van der Waals surface area contributed by atoms with Gasteiger partial charge in [-0.2, -0.15) is 0 Å². The maximum atomic E-state index is 13.3. The van der Waals surface area contributed by atoms with E-state index in [2.05, 4.69) is 10.3 Å². The SMILES string of the molecule is Cc1ccc(-c2csc(NC(=O)C(C)N(C)Cc3cccc(F)c3)n2)cc1. The van der Waals surface area contributed by atoms with Crippen LogP contribution in [0, 0.1) is 12.7 Å². The van der Waals surface area contributed by atoms with Gasteiger partial charge in [0.05, 0.1) is 11.7 Å². The molecular weight excluding hydrogens is 361 g/mol. The van der Waals surface area contributed by atoms with Crippen molar-refractivity contribution in [3.63, 3.8) is 0 Å². The molecule has 140 valence electrons. The first kappa shape index (κ1) is 19.2. The highest BCUT2D eigenvalue weighted by atomic mass is 32.1. The van der Waals surface area contributed by atoms with E-state index in [4.69, 9.17) is 0 Å². The summed E-state index contributed by atoms with van der Waals surface area (Å²) in [7, 11) is 1.84. The fourth-order valence-electron chi connectivity index (χ4n) is 2.66. The Kier molecular flexibility index (Phi) is 5.98. The fourth-order valence-corrected chi connectivity index (χ4v) is 3.38. The van der Waals surface area contributed by atoms with Crippen LogP contribution in [0.4, 0.5) is 9.52 Å². The molecule has 0 saturated carbocycles. The summed E-state index contributed by atoms with van der Waals surface area (Å²) in [4.78, 5) is 18.9. The van der Waals surface area contributed by atoms with E-state index in [1.807, 2.05) is 61.5 Å². The van der Waals surface area contributed by atoms with E-state index in [1.54, 1.807) is 6.07 Å². The number of aromatic nitrogens is 1. The second-order valence-electron chi connectivity index (χ2n) is 6.61. The van der Waals surface area contributed by atoms with Crippen molar-refractivity contribution >= 4 is 22.4 Å². The van der Waals surface area contributed by atoms with E-state index in [-0.39, 0.29) is 17.8 Å². The molecule has 0 aliphatic heterocycles. The molecule has 2 aromatic carbocycles. The van der Waals surface area contributed by atoms with Gasteiger partial charge in [-0.25, -0.2) is 9.37 Å². The molecule has 0 spiro atoms. The molecule has 0 fully saturated rings. The number of hydrogen-bond donors (Lipinski definition) is 1. The van der Waals surface area contributed by atoms with Crippen molar-refractivity contribution in [1.82, 2.24) is 9.88 Å². The van der Waals surface area contributed by atoms with Gasteiger partial charge in [0.2, 0.25) is 5.91 Å². The normalized spacial score (nSPS) is 12.2. The summed E-state index contributed by atoms with van der Waals surface area (Å²) in [6, 6.07) is 14.2. The number of nitrogens with zero attached hydrogens (tertiary/aromatic N) is 2. The number of hydrogen-bond acceptors (Lipinski definition) is 4. The van der Waals surface area contributed by atoms with E-state index >= 15 is 0 Å². The predicted molar refractivity (Wildman–Crippen MR) is 108 cm³/mol. The predicted octanol–water partition coefficient (Wildman–Crippen LogP) is 4.72. The molecule has 6 heteroatoms. The van der Waals surface area contributed by atoms with Gasteiger partial charge in [-0.05, 0) is 38.6 Å². The molecule has 1 aromatic heterocycles. The first-order chi connectivity index (χ1) is 12.9. The molecule has 1 N–H and O–H groups in total. The average molecular weight is 383 g/mol. The summed E-state index contributed by atoms with van der Waals surface area (Å²) in [5.74, 6) is -0.414. The smallest absolute Gasteiger partial charge is 0.243 e. The van der Waals surface area contributed by atoms with Crippen LogP contribution in [0.3, 0.4) is 0 Å². The minimum Gasteiger partial charge on any atom is -0.301 e. The number of halogens is 1. The summed E-state index contributed by atoms with van der Waals surface area (Å²) in [6.45, 7) is 4.35. The molecule has 1 heterocycles. The van der Waals surface area contributed by atoms with Crippen LogP contribution in [-0.4, -0.2) is 28.9 Å². The Hall–Kier alpha value is -2.57. The van der Waals surface area contributed by atoms with Gasteiger partial charge in [0.1, 0.15) is 5.82 Å². The lowest BCUT2D eigenvalue weighted by molar-refractivity contribution is -0.120. The zero-order valence-electron chi connectivity index (χ0n) is 15.6. The number of benzene rings is 2. The van der Waals surface area contributed by atoms with Crippen molar-refractivity contribution in [2.75, 3.05) is 12.4 Å². The zero-order valence-corrected chi connectivity index (χ0v) is 16.4. The van der Waals surface area contributed by atoms with Crippen LogP contribution in [0.1, 0.15) is 18.1 Å². The second kappa shape index (κ2) is 8.41. The largest absolute Gasteiger partial charge is 0.301 e. The molecule has 3 aromatic rings. The molecule has 4 nitrogen and oxygen atoms in total. The van der Waals surface area contributed by atoms with Gasteiger partial charge in [-0.15, -0.1) is 11.3 Å². The van der Waals surface area contributed by atoms with Crippen LogP contribution < -0.4 is 5.32 Å².